The largest absolute Gasteiger partial charge is 0.478 e. The first-order valence-electron chi connectivity index (χ1n) is 6.45. The van der Waals surface area contributed by atoms with Gasteiger partial charge in [0.2, 0.25) is 0 Å². The molecule has 0 atom stereocenters. The van der Waals surface area contributed by atoms with E-state index in [0.717, 1.165) is 15.6 Å². The molecule has 1 N–H and O–H groups in total. The van der Waals surface area contributed by atoms with Crippen molar-refractivity contribution in [2.75, 3.05) is 0 Å². The smallest absolute Gasteiger partial charge is 0.335 e. The highest BCUT2D eigenvalue weighted by Gasteiger charge is 2.11. The summed E-state index contributed by atoms with van der Waals surface area (Å²) in [7, 11) is 0. The Labute approximate surface area is 123 Å². The molecule has 1 aromatic heterocycles. The van der Waals surface area contributed by atoms with Gasteiger partial charge in [0.1, 0.15) is 5.03 Å². The summed E-state index contributed by atoms with van der Waals surface area (Å²) in [5.41, 5.74) is 2.29. The number of carbonyl (C=O) groups is 1. The normalized spacial score (nSPS) is 10.8. The fourth-order valence-electron chi connectivity index (χ4n) is 1.72. The third-order valence-electron chi connectivity index (χ3n) is 2.90. The Kier molecular flexibility index (Phi) is 4.45. The van der Waals surface area contributed by atoms with Crippen LogP contribution < -0.4 is 0 Å². The Hall–Kier alpha value is -1.81. The number of rotatable bonds is 4. The zero-order valence-corrected chi connectivity index (χ0v) is 12.6. The van der Waals surface area contributed by atoms with Gasteiger partial charge >= 0.3 is 5.97 Å². The van der Waals surface area contributed by atoms with Gasteiger partial charge in [-0.3, -0.25) is 0 Å². The zero-order valence-electron chi connectivity index (χ0n) is 11.8. The van der Waals surface area contributed by atoms with Crippen molar-refractivity contribution in [3.63, 3.8) is 0 Å². The average molecular weight is 287 g/mol. The standard InChI is InChI=1S/C16H17NO2S/c1-10(2)14-8-12(16(18)19)9-15(17-14)20-13-6-4-11(3)5-7-13/h4-10H,1-3H3,(H,18,19). The van der Waals surface area contributed by atoms with Gasteiger partial charge < -0.3 is 5.11 Å². The maximum Gasteiger partial charge on any atom is 0.335 e. The van der Waals surface area contributed by atoms with Crippen LogP contribution in [0.15, 0.2) is 46.3 Å². The van der Waals surface area contributed by atoms with E-state index in [-0.39, 0.29) is 5.92 Å². The predicted molar refractivity (Wildman–Crippen MR) is 80.6 cm³/mol. The van der Waals surface area contributed by atoms with Crippen LogP contribution in [0.4, 0.5) is 0 Å². The van der Waals surface area contributed by atoms with E-state index >= 15 is 0 Å². The number of pyridine rings is 1. The second kappa shape index (κ2) is 6.09. The topological polar surface area (TPSA) is 50.2 Å². The molecule has 0 aliphatic carbocycles. The molecule has 0 amide bonds. The lowest BCUT2D eigenvalue weighted by molar-refractivity contribution is 0.0696. The van der Waals surface area contributed by atoms with Crippen molar-refractivity contribution < 1.29 is 9.90 Å². The van der Waals surface area contributed by atoms with Crippen LogP contribution in [0.25, 0.3) is 0 Å². The summed E-state index contributed by atoms with van der Waals surface area (Å²) in [4.78, 5) is 16.8. The van der Waals surface area contributed by atoms with Gasteiger partial charge in [0.25, 0.3) is 0 Å². The molecule has 0 radical (unpaired) electrons. The van der Waals surface area contributed by atoms with Crippen LogP contribution >= 0.6 is 11.8 Å². The monoisotopic (exact) mass is 287 g/mol. The van der Waals surface area contributed by atoms with E-state index in [1.54, 1.807) is 12.1 Å². The summed E-state index contributed by atoms with van der Waals surface area (Å²) < 4.78 is 0. The zero-order chi connectivity index (χ0) is 14.7. The molecular weight excluding hydrogens is 270 g/mol. The van der Waals surface area contributed by atoms with Gasteiger partial charge in [-0.1, -0.05) is 43.3 Å². The number of benzene rings is 1. The maximum absolute atomic E-state index is 11.2. The lowest BCUT2D eigenvalue weighted by atomic mass is 10.1. The van der Waals surface area contributed by atoms with E-state index in [1.165, 1.54) is 17.3 Å². The van der Waals surface area contributed by atoms with Crippen LogP contribution in [-0.2, 0) is 0 Å². The number of nitrogens with zero attached hydrogens (tertiary/aromatic N) is 1. The molecule has 20 heavy (non-hydrogen) atoms. The van der Waals surface area contributed by atoms with Gasteiger partial charge in [0, 0.05) is 10.6 Å². The van der Waals surface area contributed by atoms with Crippen LogP contribution in [0.5, 0.6) is 0 Å². The van der Waals surface area contributed by atoms with Crippen molar-refractivity contribution in [3.05, 3.63) is 53.2 Å². The molecule has 1 heterocycles. The molecule has 0 unspecified atom stereocenters. The molecule has 3 nitrogen and oxygen atoms in total. The summed E-state index contributed by atoms with van der Waals surface area (Å²) in [6.45, 7) is 6.05. The SMILES string of the molecule is Cc1ccc(Sc2cc(C(=O)O)cc(C(C)C)n2)cc1. The molecule has 0 spiro atoms. The van der Waals surface area contributed by atoms with Crippen LogP contribution in [0.1, 0.15) is 41.4 Å². The average Bonchev–Trinajstić information content (AvgIpc) is 2.41. The first kappa shape index (κ1) is 14.6. The van der Waals surface area contributed by atoms with Gasteiger partial charge in [-0.25, -0.2) is 9.78 Å². The molecular formula is C16H17NO2S. The van der Waals surface area contributed by atoms with Gasteiger partial charge in [-0.2, -0.15) is 0 Å². The van der Waals surface area contributed by atoms with Crippen molar-refractivity contribution in [1.29, 1.82) is 0 Å². The molecule has 0 saturated heterocycles. The van der Waals surface area contributed by atoms with Crippen molar-refractivity contribution in [2.45, 2.75) is 36.6 Å². The molecule has 2 rings (SSSR count). The molecule has 2 aromatic rings. The fourth-order valence-corrected chi connectivity index (χ4v) is 2.57. The maximum atomic E-state index is 11.2. The van der Waals surface area contributed by atoms with Crippen LogP contribution in [0, 0.1) is 6.92 Å². The van der Waals surface area contributed by atoms with E-state index in [1.807, 2.05) is 45.0 Å². The lowest BCUT2D eigenvalue weighted by Crippen LogP contribution is -2.02. The van der Waals surface area contributed by atoms with E-state index in [4.69, 9.17) is 0 Å². The summed E-state index contributed by atoms with van der Waals surface area (Å²) in [5.74, 6) is -0.716. The van der Waals surface area contributed by atoms with Crippen molar-refractivity contribution in [2.24, 2.45) is 0 Å². The second-order valence-electron chi connectivity index (χ2n) is 4.99. The fraction of sp³-hybridized carbons (Fsp3) is 0.250. The van der Waals surface area contributed by atoms with Gasteiger partial charge in [0.05, 0.1) is 5.56 Å². The molecule has 0 fully saturated rings. The first-order chi connectivity index (χ1) is 9.45. The van der Waals surface area contributed by atoms with Crippen molar-refractivity contribution in [1.82, 2.24) is 4.98 Å². The number of aromatic carboxylic acids is 1. The summed E-state index contributed by atoms with van der Waals surface area (Å²) in [5, 5.41) is 9.90. The van der Waals surface area contributed by atoms with Gasteiger partial charge in [-0.05, 0) is 37.1 Å². The van der Waals surface area contributed by atoms with Crippen LogP contribution in [0.2, 0.25) is 0 Å². The number of aryl methyl sites for hydroxylation is 1. The minimum Gasteiger partial charge on any atom is -0.478 e. The molecule has 104 valence electrons. The quantitative estimate of drug-likeness (QED) is 0.907. The van der Waals surface area contributed by atoms with Gasteiger partial charge in [-0.15, -0.1) is 0 Å². The minimum atomic E-state index is -0.917. The number of carboxylic acid groups (broad SMARTS) is 1. The summed E-state index contributed by atoms with van der Waals surface area (Å²) >= 11 is 1.48. The van der Waals surface area contributed by atoms with E-state index in [9.17, 15) is 9.90 Å². The Morgan fingerprint density at radius 2 is 1.85 bits per heavy atom. The highest BCUT2D eigenvalue weighted by Crippen LogP contribution is 2.28. The van der Waals surface area contributed by atoms with Crippen molar-refractivity contribution in [3.8, 4) is 0 Å². The van der Waals surface area contributed by atoms with Crippen LogP contribution in [0.3, 0.4) is 0 Å². The Morgan fingerprint density at radius 3 is 2.40 bits per heavy atom. The third kappa shape index (κ3) is 3.61. The molecule has 4 heteroatoms. The highest BCUT2D eigenvalue weighted by molar-refractivity contribution is 7.99. The first-order valence-corrected chi connectivity index (χ1v) is 7.27. The lowest BCUT2D eigenvalue weighted by Gasteiger charge is -2.09. The molecule has 1 aromatic carbocycles. The van der Waals surface area contributed by atoms with Gasteiger partial charge in [0.15, 0.2) is 0 Å². The van der Waals surface area contributed by atoms with Crippen LogP contribution in [-0.4, -0.2) is 16.1 Å². The number of hydrogen-bond donors (Lipinski definition) is 1. The number of aromatic nitrogens is 1. The van der Waals surface area contributed by atoms with E-state index in [0.29, 0.717) is 5.56 Å². The van der Waals surface area contributed by atoms with E-state index in [2.05, 4.69) is 4.98 Å². The molecule has 0 aliphatic heterocycles. The Bertz CT molecular complexity index is 621. The Morgan fingerprint density at radius 1 is 1.20 bits per heavy atom. The Balaban J connectivity index is 2.35. The minimum absolute atomic E-state index is 0.201. The third-order valence-corrected chi connectivity index (χ3v) is 3.83. The predicted octanol–water partition coefficient (Wildman–Crippen LogP) is 4.36. The number of carboxylic acids is 1. The number of hydrogen-bond acceptors (Lipinski definition) is 3. The highest BCUT2D eigenvalue weighted by atomic mass is 32.2. The van der Waals surface area contributed by atoms with E-state index < -0.39 is 5.97 Å². The molecule has 0 bridgehead atoms. The van der Waals surface area contributed by atoms with Crippen molar-refractivity contribution >= 4 is 17.7 Å². The molecule has 0 saturated carbocycles. The molecule has 0 aliphatic rings. The second-order valence-corrected chi connectivity index (χ2v) is 6.09. The summed E-state index contributed by atoms with van der Waals surface area (Å²) in [6.07, 6.45) is 0. The summed E-state index contributed by atoms with van der Waals surface area (Å²) in [6, 6.07) is 11.4.